The number of carbonyl (C=O) groups excluding carboxylic acids is 1. The van der Waals surface area contributed by atoms with Gasteiger partial charge in [0.1, 0.15) is 17.2 Å². The van der Waals surface area contributed by atoms with Crippen LogP contribution in [0.1, 0.15) is 31.9 Å². The second-order valence-corrected chi connectivity index (χ2v) is 8.99. The van der Waals surface area contributed by atoms with Gasteiger partial charge in [-0.2, -0.15) is 0 Å². The Hall–Kier alpha value is -3.74. The number of esters is 1. The van der Waals surface area contributed by atoms with Gasteiger partial charge in [-0.1, -0.05) is 12.1 Å². The van der Waals surface area contributed by atoms with E-state index in [4.69, 9.17) is 23.9 Å². The number of hydrogen-bond acceptors (Lipinski definition) is 7. The van der Waals surface area contributed by atoms with Crippen molar-refractivity contribution in [2.24, 2.45) is 4.99 Å². The van der Waals surface area contributed by atoms with E-state index in [-0.39, 0.29) is 6.61 Å². The molecule has 0 aromatic heterocycles. The van der Waals surface area contributed by atoms with Gasteiger partial charge in [-0.25, -0.2) is 9.79 Å². The zero-order valence-electron chi connectivity index (χ0n) is 20.0. The van der Waals surface area contributed by atoms with Crippen LogP contribution in [0.5, 0.6) is 17.2 Å². The predicted octanol–water partition coefficient (Wildman–Crippen LogP) is 4.68. The van der Waals surface area contributed by atoms with E-state index in [0.29, 0.717) is 12.4 Å². The first-order chi connectivity index (χ1) is 16.3. The normalized spacial score (nSPS) is 19.5. The van der Waals surface area contributed by atoms with Crippen LogP contribution in [0.2, 0.25) is 0 Å². The minimum absolute atomic E-state index is 0.136. The maximum atomic E-state index is 11.7. The first kappa shape index (κ1) is 22.1. The van der Waals surface area contributed by atoms with E-state index in [1.165, 1.54) is 0 Å². The van der Waals surface area contributed by atoms with Crippen LogP contribution >= 0.6 is 0 Å². The standard InChI is InChI=1S/C27H28N2O5/c1-6-32-25(30)16-33-19-9-7-17-8-12-24-21(20(17)13-19)15-28-27(34-24)26(2,3)22-14-18(31-5)10-11-23(22)29(27)4/h7-15H,6,16H2,1-5H3. The van der Waals surface area contributed by atoms with Crippen LogP contribution < -0.4 is 19.1 Å². The lowest BCUT2D eigenvalue weighted by atomic mass is 9.81. The van der Waals surface area contributed by atoms with Crippen LogP contribution in [0.3, 0.4) is 0 Å². The molecule has 2 aliphatic heterocycles. The third kappa shape index (κ3) is 3.18. The number of nitrogens with zero attached hydrogens (tertiary/aromatic N) is 2. The number of ether oxygens (including phenoxy) is 4. The number of benzene rings is 3. The van der Waals surface area contributed by atoms with Gasteiger partial charge in [-0.15, -0.1) is 0 Å². The molecule has 176 valence electrons. The monoisotopic (exact) mass is 460 g/mol. The topological polar surface area (TPSA) is 69.6 Å². The van der Waals surface area contributed by atoms with Crippen molar-refractivity contribution in [3.8, 4) is 17.2 Å². The highest BCUT2D eigenvalue weighted by Crippen LogP contribution is 2.54. The van der Waals surface area contributed by atoms with Crippen LogP contribution in [-0.2, 0) is 14.9 Å². The fourth-order valence-corrected chi connectivity index (χ4v) is 4.93. The minimum Gasteiger partial charge on any atom is -0.497 e. The Bertz CT molecular complexity index is 1320. The highest BCUT2D eigenvalue weighted by atomic mass is 16.6. The Morgan fingerprint density at radius 2 is 1.85 bits per heavy atom. The van der Waals surface area contributed by atoms with Crippen LogP contribution in [0.4, 0.5) is 5.69 Å². The average Bonchev–Trinajstić information content (AvgIpc) is 3.00. The number of likely N-dealkylation sites (N-methyl/N-ethyl adjacent to an activating group) is 1. The molecule has 5 rings (SSSR count). The lowest BCUT2D eigenvalue weighted by Gasteiger charge is -2.44. The molecular weight excluding hydrogens is 432 g/mol. The number of hydrogen-bond donors (Lipinski definition) is 0. The Labute approximate surface area is 198 Å². The number of fused-ring (bicyclic) bond motifs is 4. The van der Waals surface area contributed by atoms with E-state index < -0.39 is 17.2 Å². The van der Waals surface area contributed by atoms with Gasteiger partial charge in [0.05, 0.1) is 19.1 Å². The zero-order chi connectivity index (χ0) is 24.1. The molecule has 0 saturated heterocycles. The van der Waals surface area contributed by atoms with Crippen LogP contribution in [0, 0.1) is 0 Å². The van der Waals surface area contributed by atoms with E-state index in [0.717, 1.165) is 39.1 Å². The van der Waals surface area contributed by atoms with Gasteiger partial charge in [0.2, 0.25) is 0 Å². The fraction of sp³-hybridized carbons (Fsp3) is 0.333. The van der Waals surface area contributed by atoms with Gasteiger partial charge in [0.25, 0.3) is 5.85 Å². The van der Waals surface area contributed by atoms with E-state index >= 15 is 0 Å². The fourth-order valence-electron chi connectivity index (χ4n) is 4.93. The first-order valence-electron chi connectivity index (χ1n) is 11.3. The molecule has 3 aromatic carbocycles. The van der Waals surface area contributed by atoms with Crippen LogP contribution in [0.15, 0.2) is 53.5 Å². The van der Waals surface area contributed by atoms with Crippen molar-refractivity contribution in [2.75, 3.05) is 32.3 Å². The van der Waals surface area contributed by atoms with E-state index in [1.807, 2.05) is 55.7 Å². The predicted molar refractivity (Wildman–Crippen MR) is 131 cm³/mol. The van der Waals surface area contributed by atoms with Crippen molar-refractivity contribution in [2.45, 2.75) is 32.0 Å². The summed E-state index contributed by atoms with van der Waals surface area (Å²) in [6.45, 7) is 6.23. The number of methoxy groups -OCH3 is 1. The highest BCUT2D eigenvalue weighted by molar-refractivity contribution is 6.04. The van der Waals surface area contributed by atoms with Crippen molar-refractivity contribution in [1.29, 1.82) is 0 Å². The summed E-state index contributed by atoms with van der Waals surface area (Å²) >= 11 is 0. The summed E-state index contributed by atoms with van der Waals surface area (Å²) in [5.41, 5.74) is 2.61. The molecule has 1 atom stereocenters. The first-order valence-corrected chi connectivity index (χ1v) is 11.3. The Morgan fingerprint density at radius 1 is 1.09 bits per heavy atom. The highest BCUT2D eigenvalue weighted by Gasteiger charge is 2.59. The quantitative estimate of drug-likeness (QED) is 0.515. The maximum absolute atomic E-state index is 11.7. The number of anilines is 1. The van der Waals surface area contributed by atoms with E-state index in [9.17, 15) is 4.79 Å². The molecule has 2 aliphatic rings. The van der Waals surface area contributed by atoms with Crippen LogP contribution in [0.25, 0.3) is 10.8 Å². The SMILES string of the molecule is CCOC(=O)COc1ccc2ccc3c(c2c1)C=NC1(O3)N(C)c2ccc(OC)cc2C1(C)C. The second kappa shape index (κ2) is 7.94. The third-order valence-electron chi connectivity index (χ3n) is 6.78. The largest absolute Gasteiger partial charge is 0.497 e. The smallest absolute Gasteiger partial charge is 0.344 e. The maximum Gasteiger partial charge on any atom is 0.344 e. The molecule has 0 radical (unpaired) electrons. The minimum atomic E-state index is -0.930. The summed E-state index contributed by atoms with van der Waals surface area (Å²) in [6, 6.07) is 15.8. The van der Waals surface area contributed by atoms with Crippen molar-refractivity contribution in [1.82, 2.24) is 0 Å². The summed E-state index contributed by atoms with van der Waals surface area (Å²) in [5, 5.41) is 1.97. The molecule has 0 saturated carbocycles. The molecule has 7 nitrogen and oxygen atoms in total. The van der Waals surface area contributed by atoms with Crippen molar-refractivity contribution >= 4 is 28.6 Å². The third-order valence-corrected chi connectivity index (χ3v) is 6.78. The molecule has 0 amide bonds. The molecule has 0 bridgehead atoms. The molecule has 0 N–H and O–H groups in total. The summed E-state index contributed by atoms with van der Waals surface area (Å²) < 4.78 is 22.8. The van der Waals surface area contributed by atoms with Gasteiger partial charge in [-0.3, -0.25) is 0 Å². The number of rotatable bonds is 5. The van der Waals surface area contributed by atoms with E-state index in [2.05, 4.69) is 24.8 Å². The summed E-state index contributed by atoms with van der Waals surface area (Å²) in [5.74, 6) is 0.802. The van der Waals surface area contributed by atoms with Gasteiger partial charge >= 0.3 is 5.97 Å². The van der Waals surface area contributed by atoms with Gasteiger partial charge in [0.15, 0.2) is 6.61 Å². The molecule has 2 heterocycles. The number of carbonyl (C=O) groups is 1. The van der Waals surface area contributed by atoms with E-state index in [1.54, 1.807) is 14.0 Å². The van der Waals surface area contributed by atoms with Crippen LogP contribution in [-0.4, -0.2) is 45.4 Å². The van der Waals surface area contributed by atoms with Crippen molar-refractivity contribution in [3.63, 3.8) is 0 Å². The lowest BCUT2D eigenvalue weighted by molar-refractivity contribution is -0.145. The van der Waals surface area contributed by atoms with Gasteiger partial charge < -0.3 is 23.8 Å². The zero-order valence-corrected chi connectivity index (χ0v) is 20.0. The Balaban J connectivity index is 1.53. The summed E-state index contributed by atoms with van der Waals surface area (Å²) in [7, 11) is 3.68. The molecule has 0 aliphatic carbocycles. The summed E-state index contributed by atoms with van der Waals surface area (Å²) in [6.07, 6.45) is 1.89. The molecular formula is C27H28N2O5. The molecule has 34 heavy (non-hydrogen) atoms. The average molecular weight is 461 g/mol. The molecule has 1 spiro atoms. The molecule has 3 aromatic rings. The number of aliphatic imine (C=N–C) groups is 1. The Kier molecular flexibility index (Phi) is 5.15. The lowest BCUT2D eigenvalue weighted by Crippen LogP contribution is -2.58. The molecule has 7 heteroatoms. The Morgan fingerprint density at radius 3 is 2.62 bits per heavy atom. The van der Waals surface area contributed by atoms with Crippen molar-refractivity contribution < 1.29 is 23.7 Å². The second-order valence-electron chi connectivity index (χ2n) is 8.99. The molecule has 1 unspecified atom stereocenters. The summed E-state index contributed by atoms with van der Waals surface area (Å²) in [4.78, 5) is 18.8. The van der Waals surface area contributed by atoms with Gasteiger partial charge in [-0.05, 0) is 73.5 Å². The molecule has 0 fully saturated rings. The van der Waals surface area contributed by atoms with Gasteiger partial charge in [0, 0.05) is 24.5 Å². The van der Waals surface area contributed by atoms with Crippen molar-refractivity contribution in [3.05, 3.63) is 59.7 Å².